The third-order valence-electron chi connectivity index (χ3n) is 4.18. The Balaban J connectivity index is 0.00000220. The lowest BCUT2D eigenvalue weighted by Gasteiger charge is -2.38. The number of piperidine rings is 2. The lowest BCUT2D eigenvalue weighted by Crippen LogP contribution is -2.52. The van der Waals surface area contributed by atoms with Gasteiger partial charge in [0.15, 0.2) is 0 Å². The molecule has 2 aliphatic heterocycles. The molecule has 1 atom stereocenters. The molecular formula is C13H26ClN3O3S. The third-order valence-corrected chi connectivity index (χ3v) is 4.87. The summed E-state index contributed by atoms with van der Waals surface area (Å²) < 4.78 is 25.0. The molecule has 2 fully saturated rings. The minimum atomic E-state index is -3.20. The number of nitrogens with zero attached hydrogens (tertiary/aromatic N) is 1. The molecule has 0 saturated carbocycles. The van der Waals surface area contributed by atoms with Crippen LogP contribution in [0.2, 0.25) is 0 Å². The van der Waals surface area contributed by atoms with Crippen molar-refractivity contribution in [2.24, 2.45) is 5.92 Å². The molecular weight excluding hydrogens is 314 g/mol. The number of halogens is 1. The highest BCUT2D eigenvalue weighted by atomic mass is 35.5. The maximum Gasteiger partial charge on any atom is 0.226 e. The Bertz CT molecular complexity index is 438. The van der Waals surface area contributed by atoms with E-state index in [1.54, 1.807) is 0 Å². The molecule has 0 aromatic carbocycles. The average Bonchev–Trinajstić information content (AvgIpc) is 2.45. The number of carbonyl (C=O) groups excluding carboxylic acids is 1. The van der Waals surface area contributed by atoms with Gasteiger partial charge in [-0.3, -0.25) is 4.79 Å². The van der Waals surface area contributed by atoms with Crippen molar-refractivity contribution in [1.82, 2.24) is 14.9 Å². The van der Waals surface area contributed by atoms with Crippen LogP contribution in [-0.2, 0) is 14.8 Å². The van der Waals surface area contributed by atoms with Crippen LogP contribution in [0, 0.1) is 5.92 Å². The summed E-state index contributed by atoms with van der Waals surface area (Å²) in [6.07, 6.45) is 5.91. The van der Waals surface area contributed by atoms with Crippen LogP contribution in [0.5, 0.6) is 0 Å². The first-order valence-electron chi connectivity index (χ1n) is 7.43. The first-order valence-corrected chi connectivity index (χ1v) is 9.32. The van der Waals surface area contributed by atoms with E-state index in [1.807, 2.05) is 4.90 Å². The molecule has 2 saturated heterocycles. The summed E-state index contributed by atoms with van der Waals surface area (Å²) in [7, 11) is -3.20. The molecule has 2 heterocycles. The number of sulfonamides is 1. The van der Waals surface area contributed by atoms with Gasteiger partial charge in [0, 0.05) is 25.0 Å². The molecule has 1 amide bonds. The molecule has 2 rings (SSSR count). The molecule has 0 aromatic rings. The van der Waals surface area contributed by atoms with Gasteiger partial charge in [0.1, 0.15) is 0 Å². The standard InChI is InChI=1S/C13H25N3O3S.ClH/c1-20(18,19)15-10-12-4-2-3-9-16(12)13(17)11-5-7-14-8-6-11;/h11-12,14-15H,2-10H2,1H3;1H. The highest BCUT2D eigenvalue weighted by molar-refractivity contribution is 7.88. The van der Waals surface area contributed by atoms with Gasteiger partial charge >= 0.3 is 0 Å². The summed E-state index contributed by atoms with van der Waals surface area (Å²) in [5.74, 6) is 0.321. The van der Waals surface area contributed by atoms with E-state index in [0.717, 1.165) is 58.0 Å². The van der Waals surface area contributed by atoms with Gasteiger partial charge in [-0.2, -0.15) is 0 Å². The molecule has 8 heteroatoms. The molecule has 124 valence electrons. The quantitative estimate of drug-likeness (QED) is 0.774. The Labute approximate surface area is 133 Å². The molecule has 1 unspecified atom stereocenters. The van der Waals surface area contributed by atoms with E-state index < -0.39 is 10.0 Å². The molecule has 2 aliphatic rings. The summed E-state index contributed by atoms with van der Waals surface area (Å²) >= 11 is 0. The van der Waals surface area contributed by atoms with E-state index in [2.05, 4.69) is 10.0 Å². The van der Waals surface area contributed by atoms with Crippen LogP contribution >= 0.6 is 12.4 Å². The summed E-state index contributed by atoms with van der Waals surface area (Å²) in [5, 5.41) is 3.27. The number of carbonyl (C=O) groups is 1. The Morgan fingerprint density at radius 3 is 2.52 bits per heavy atom. The zero-order valence-corrected chi connectivity index (χ0v) is 14.1. The normalized spacial score (nSPS) is 24.4. The highest BCUT2D eigenvalue weighted by Gasteiger charge is 2.32. The summed E-state index contributed by atoms with van der Waals surface area (Å²) in [6, 6.07) is 0.0147. The van der Waals surface area contributed by atoms with Gasteiger partial charge in [0.25, 0.3) is 0 Å². The maximum absolute atomic E-state index is 12.6. The lowest BCUT2D eigenvalue weighted by atomic mass is 9.93. The lowest BCUT2D eigenvalue weighted by molar-refractivity contribution is -0.140. The van der Waals surface area contributed by atoms with Crippen molar-refractivity contribution in [2.75, 3.05) is 32.4 Å². The number of amides is 1. The fourth-order valence-corrected chi connectivity index (χ4v) is 3.55. The minimum absolute atomic E-state index is 0. The van der Waals surface area contributed by atoms with Crippen molar-refractivity contribution in [2.45, 2.75) is 38.1 Å². The fourth-order valence-electron chi connectivity index (χ4n) is 3.05. The van der Waals surface area contributed by atoms with Crippen LogP contribution < -0.4 is 10.0 Å². The van der Waals surface area contributed by atoms with Crippen LogP contribution in [0.1, 0.15) is 32.1 Å². The first kappa shape index (κ1) is 18.7. The minimum Gasteiger partial charge on any atom is -0.338 e. The second kappa shape index (κ2) is 8.31. The number of rotatable bonds is 4. The predicted molar refractivity (Wildman–Crippen MR) is 85.0 cm³/mol. The summed E-state index contributed by atoms with van der Waals surface area (Å²) in [4.78, 5) is 14.5. The second-order valence-corrected chi connectivity index (χ2v) is 7.66. The maximum atomic E-state index is 12.6. The van der Waals surface area contributed by atoms with E-state index >= 15 is 0 Å². The van der Waals surface area contributed by atoms with Gasteiger partial charge in [-0.05, 0) is 45.2 Å². The molecule has 2 N–H and O–H groups in total. The molecule has 0 spiro atoms. The van der Waals surface area contributed by atoms with E-state index in [-0.39, 0.29) is 30.3 Å². The van der Waals surface area contributed by atoms with E-state index in [1.165, 1.54) is 0 Å². The van der Waals surface area contributed by atoms with Gasteiger partial charge < -0.3 is 10.2 Å². The first-order chi connectivity index (χ1) is 9.47. The van der Waals surface area contributed by atoms with Crippen LogP contribution in [-0.4, -0.2) is 57.7 Å². The van der Waals surface area contributed by atoms with Gasteiger partial charge in [-0.25, -0.2) is 13.1 Å². The van der Waals surface area contributed by atoms with E-state index in [0.29, 0.717) is 6.54 Å². The number of hydrogen-bond acceptors (Lipinski definition) is 4. The van der Waals surface area contributed by atoms with Crippen molar-refractivity contribution in [3.05, 3.63) is 0 Å². The van der Waals surface area contributed by atoms with Crippen LogP contribution in [0.25, 0.3) is 0 Å². The van der Waals surface area contributed by atoms with Crippen LogP contribution in [0.4, 0.5) is 0 Å². The second-order valence-electron chi connectivity index (χ2n) is 5.83. The van der Waals surface area contributed by atoms with Crippen molar-refractivity contribution in [3.8, 4) is 0 Å². The summed E-state index contributed by atoms with van der Waals surface area (Å²) in [5.41, 5.74) is 0. The van der Waals surface area contributed by atoms with Gasteiger partial charge in [-0.15, -0.1) is 12.4 Å². The Morgan fingerprint density at radius 1 is 1.24 bits per heavy atom. The molecule has 6 nitrogen and oxygen atoms in total. The largest absolute Gasteiger partial charge is 0.338 e. The van der Waals surface area contributed by atoms with E-state index in [4.69, 9.17) is 0 Å². The van der Waals surface area contributed by atoms with Crippen molar-refractivity contribution in [1.29, 1.82) is 0 Å². The molecule has 21 heavy (non-hydrogen) atoms. The third kappa shape index (κ3) is 5.73. The van der Waals surface area contributed by atoms with Crippen molar-refractivity contribution < 1.29 is 13.2 Å². The number of likely N-dealkylation sites (tertiary alicyclic amines) is 1. The van der Waals surface area contributed by atoms with Gasteiger partial charge in [0.2, 0.25) is 15.9 Å². The SMILES string of the molecule is CS(=O)(=O)NCC1CCCCN1C(=O)C1CCNCC1.Cl. The zero-order chi connectivity index (χ0) is 14.6. The number of hydrogen-bond donors (Lipinski definition) is 2. The molecule has 0 aliphatic carbocycles. The molecule has 0 aromatic heterocycles. The van der Waals surface area contributed by atoms with Crippen LogP contribution in [0.3, 0.4) is 0 Å². The Morgan fingerprint density at radius 2 is 1.90 bits per heavy atom. The van der Waals surface area contributed by atoms with Crippen molar-refractivity contribution >= 4 is 28.3 Å². The summed E-state index contributed by atoms with van der Waals surface area (Å²) in [6.45, 7) is 2.90. The average molecular weight is 340 g/mol. The fraction of sp³-hybridized carbons (Fsp3) is 0.923. The smallest absolute Gasteiger partial charge is 0.226 e. The van der Waals surface area contributed by atoms with Gasteiger partial charge in [0.05, 0.1) is 6.26 Å². The topological polar surface area (TPSA) is 78.5 Å². The van der Waals surface area contributed by atoms with Crippen LogP contribution in [0.15, 0.2) is 0 Å². The zero-order valence-electron chi connectivity index (χ0n) is 12.5. The highest BCUT2D eigenvalue weighted by Crippen LogP contribution is 2.22. The molecule has 0 radical (unpaired) electrons. The van der Waals surface area contributed by atoms with E-state index in [9.17, 15) is 13.2 Å². The monoisotopic (exact) mass is 339 g/mol. The predicted octanol–water partition coefficient (Wildman–Crippen LogP) is 0.338. The number of nitrogens with one attached hydrogen (secondary N) is 2. The Hall–Kier alpha value is -0.370. The van der Waals surface area contributed by atoms with Crippen molar-refractivity contribution in [3.63, 3.8) is 0 Å². The van der Waals surface area contributed by atoms with Gasteiger partial charge in [-0.1, -0.05) is 0 Å². The molecule has 0 bridgehead atoms. The Kier molecular flexibility index (Phi) is 7.39.